The van der Waals surface area contributed by atoms with Gasteiger partial charge in [0, 0.05) is 17.4 Å². The number of hydrogen-bond acceptors (Lipinski definition) is 5. The molecule has 112 valence electrons. The second kappa shape index (κ2) is 6.30. The molecule has 0 amide bonds. The predicted octanol–water partition coefficient (Wildman–Crippen LogP) is 4.04. The topological polar surface area (TPSA) is 63.0 Å². The molecule has 1 aromatic carbocycles. The molecule has 2 aromatic heterocycles. The van der Waals surface area contributed by atoms with Crippen LogP contribution in [0.2, 0.25) is 0 Å². The number of anilines is 3. The van der Waals surface area contributed by atoms with E-state index in [-0.39, 0.29) is 0 Å². The Morgan fingerprint density at radius 2 is 1.86 bits per heavy atom. The first-order valence-corrected chi connectivity index (χ1v) is 7.15. The van der Waals surface area contributed by atoms with E-state index in [1.165, 1.54) is 5.56 Å². The summed E-state index contributed by atoms with van der Waals surface area (Å²) in [7, 11) is 0. The van der Waals surface area contributed by atoms with E-state index in [0.717, 1.165) is 23.0 Å². The van der Waals surface area contributed by atoms with Crippen LogP contribution in [0.3, 0.4) is 0 Å². The summed E-state index contributed by atoms with van der Waals surface area (Å²) in [6, 6.07) is 13.9. The molecule has 0 spiro atoms. The third-order valence-corrected chi connectivity index (χ3v) is 3.18. The Hall–Kier alpha value is -2.82. The second-order valence-corrected chi connectivity index (χ2v) is 5.14. The zero-order valence-electron chi connectivity index (χ0n) is 12.6. The Kier molecular flexibility index (Phi) is 4.05. The van der Waals surface area contributed by atoms with Crippen molar-refractivity contribution in [2.45, 2.75) is 20.4 Å². The quantitative estimate of drug-likeness (QED) is 0.743. The van der Waals surface area contributed by atoms with Gasteiger partial charge in [-0.15, -0.1) is 0 Å². The molecule has 2 N–H and O–H groups in total. The van der Waals surface area contributed by atoms with Crippen LogP contribution in [0, 0.1) is 13.8 Å². The fourth-order valence-corrected chi connectivity index (χ4v) is 2.08. The highest BCUT2D eigenvalue weighted by molar-refractivity contribution is 5.57. The van der Waals surface area contributed by atoms with Crippen molar-refractivity contribution in [2.75, 3.05) is 10.6 Å². The number of rotatable bonds is 5. The van der Waals surface area contributed by atoms with Crippen molar-refractivity contribution in [3.8, 4) is 0 Å². The van der Waals surface area contributed by atoms with E-state index in [4.69, 9.17) is 4.42 Å². The van der Waals surface area contributed by atoms with Gasteiger partial charge in [0.05, 0.1) is 12.8 Å². The summed E-state index contributed by atoms with van der Waals surface area (Å²) in [5, 5.41) is 6.46. The van der Waals surface area contributed by atoms with Crippen LogP contribution in [-0.4, -0.2) is 9.97 Å². The zero-order chi connectivity index (χ0) is 15.4. The van der Waals surface area contributed by atoms with E-state index in [2.05, 4.69) is 39.7 Å². The summed E-state index contributed by atoms with van der Waals surface area (Å²) < 4.78 is 5.29. The van der Waals surface area contributed by atoms with E-state index >= 15 is 0 Å². The summed E-state index contributed by atoms with van der Waals surface area (Å²) in [5.74, 6) is 2.18. The van der Waals surface area contributed by atoms with Crippen LogP contribution in [0.1, 0.15) is 17.0 Å². The molecule has 0 atom stereocenters. The Morgan fingerprint density at radius 3 is 2.59 bits per heavy atom. The molecule has 0 radical (unpaired) electrons. The van der Waals surface area contributed by atoms with Crippen LogP contribution in [0.5, 0.6) is 0 Å². The molecule has 0 unspecified atom stereocenters. The van der Waals surface area contributed by atoms with E-state index in [0.29, 0.717) is 12.5 Å². The average molecular weight is 294 g/mol. The number of furan rings is 1. The lowest BCUT2D eigenvalue weighted by Crippen LogP contribution is -2.05. The number of benzene rings is 1. The molecule has 22 heavy (non-hydrogen) atoms. The Balaban J connectivity index is 1.73. The molecule has 0 aliphatic carbocycles. The molecular formula is C17H18N4O. The van der Waals surface area contributed by atoms with Gasteiger partial charge in [-0.1, -0.05) is 17.7 Å². The molecule has 0 saturated carbocycles. The molecule has 0 aliphatic rings. The highest BCUT2D eigenvalue weighted by atomic mass is 16.3. The van der Waals surface area contributed by atoms with Crippen LogP contribution in [-0.2, 0) is 6.54 Å². The fraction of sp³-hybridized carbons (Fsp3) is 0.176. The van der Waals surface area contributed by atoms with Gasteiger partial charge in [0.15, 0.2) is 0 Å². The van der Waals surface area contributed by atoms with Gasteiger partial charge in [0.2, 0.25) is 5.95 Å². The lowest BCUT2D eigenvalue weighted by Gasteiger charge is -2.09. The normalized spacial score (nSPS) is 10.5. The first kappa shape index (κ1) is 14.1. The van der Waals surface area contributed by atoms with Gasteiger partial charge >= 0.3 is 0 Å². The molecular weight excluding hydrogens is 276 g/mol. The van der Waals surface area contributed by atoms with Crippen LogP contribution in [0.4, 0.5) is 17.5 Å². The van der Waals surface area contributed by atoms with Crippen molar-refractivity contribution in [1.82, 2.24) is 9.97 Å². The highest BCUT2D eigenvalue weighted by Crippen LogP contribution is 2.17. The van der Waals surface area contributed by atoms with Gasteiger partial charge in [-0.05, 0) is 38.1 Å². The van der Waals surface area contributed by atoms with Crippen molar-refractivity contribution in [3.63, 3.8) is 0 Å². The molecule has 0 bridgehead atoms. The zero-order valence-corrected chi connectivity index (χ0v) is 12.6. The Morgan fingerprint density at radius 1 is 1.05 bits per heavy atom. The molecule has 2 heterocycles. The maximum Gasteiger partial charge on any atom is 0.225 e. The minimum Gasteiger partial charge on any atom is -0.467 e. The smallest absolute Gasteiger partial charge is 0.225 e. The predicted molar refractivity (Wildman–Crippen MR) is 87.3 cm³/mol. The van der Waals surface area contributed by atoms with Crippen LogP contribution in [0.15, 0.2) is 53.1 Å². The van der Waals surface area contributed by atoms with Gasteiger partial charge in [0.25, 0.3) is 0 Å². The first-order chi connectivity index (χ1) is 10.7. The number of aromatic nitrogens is 2. The summed E-state index contributed by atoms with van der Waals surface area (Å²) in [4.78, 5) is 8.86. The third-order valence-electron chi connectivity index (χ3n) is 3.18. The minimum atomic E-state index is 0.556. The Labute approximate surface area is 129 Å². The van der Waals surface area contributed by atoms with Gasteiger partial charge < -0.3 is 15.1 Å². The monoisotopic (exact) mass is 294 g/mol. The summed E-state index contributed by atoms with van der Waals surface area (Å²) >= 11 is 0. The van der Waals surface area contributed by atoms with E-state index in [1.54, 1.807) is 6.26 Å². The van der Waals surface area contributed by atoms with Crippen molar-refractivity contribution in [3.05, 3.63) is 65.7 Å². The lowest BCUT2D eigenvalue weighted by molar-refractivity contribution is 0.517. The van der Waals surface area contributed by atoms with Gasteiger partial charge in [-0.3, -0.25) is 0 Å². The van der Waals surface area contributed by atoms with Gasteiger partial charge in [0.1, 0.15) is 11.6 Å². The molecule has 3 aromatic rings. The fourth-order valence-electron chi connectivity index (χ4n) is 2.08. The van der Waals surface area contributed by atoms with Crippen LogP contribution >= 0.6 is 0 Å². The number of aryl methyl sites for hydroxylation is 2. The maximum atomic E-state index is 5.29. The molecule has 5 heteroatoms. The third kappa shape index (κ3) is 3.63. The summed E-state index contributed by atoms with van der Waals surface area (Å²) in [5.41, 5.74) is 3.12. The Bertz CT molecular complexity index is 736. The van der Waals surface area contributed by atoms with Crippen molar-refractivity contribution < 1.29 is 4.42 Å². The standard InChI is InChI=1S/C17H18N4O/c1-12-5-7-14(8-6-12)20-16-10-13(2)19-17(21-16)18-11-15-4-3-9-22-15/h3-10H,11H2,1-2H3,(H2,18,19,20,21). The number of nitrogens with one attached hydrogen (secondary N) is 2. The molecule has 3 rings (SSSR count). The van der Waals surface area contributed by atoms with E-state index in [9.17, 15) is 0 Å². The van der Waals surface area contributed by atoms with Crippen molar-refractivity contribution in [1.29, 1.82) is 0 Å². The SMILES string of the molecule is Cc1ccc(Nc2cc(C)nc(NCc3ccco3)n2)cc1. The molecule has 0 saturated heterocycles. The summed E-state index contributed by atoms with van der Waals surface area (Å²) in [6.07, 6.45) is 1.65. The molecule has 0 fully saturated rings. The van der Waals surface area contributed by atoms with E-state index < -0.39 is 0 Å². The van der Waals surface area contributed by atoms with Gasteiger partial charge in [-0.2, -0.15) is 4.98 Å². The largest absolute Gasteiger partial charge is 0.467 e. The second-order valence-electron chi connectivity index (χ2n) is 5.14. The van der Waals surface area contributed by atoms with E-state index in [1.807, 2.05) is 37.3 Å². The van der Waals surface area contributed by atoms with Gasteiger partial charge in [-0.25, -0.2) is 4.98 Å². The van der Waals surface area contributed by atoms with Crippen molar-refractivity contribution >= 4 is 17.5 Å². The minimum absolute atomic E-state index is 0.556. The number of nitrogens with zero attached hydrogens (tertiary/aromatic N) is 2. The maximum absolute atomic E-state index is 5.29. The first-order valence-electron chi connectivity index (χ1n) is 7.15. The van der Waals surface area contributed by atoms with Crippen LogP contribution in [0.25, 0.3) is 0 Å². The average Bonchev–Trinajstić information content (AvgIpc) is 3.00. The molecule has 0 aliphatic heterocycles. The number of hydrogen-bond donors (Lipinski definition) is 2. The summed E-state index contributed by atoms with van der Waals surface area (Å²) in [6.45, 7) is 4.57. The van der Waals surface area contributed by atoms with Crippen LogP contribution < -0.4 is 10.6 Å². The van der Waals surface area contributed by atoms with Crippen molar-refractivity contribution in [2.24, 2.45) is 0 Å². The lowest BCUT2D eigenvalue weighted by atomic mass is 10.2. The molecule has 5 nitrogen and oxygen atoms in total. The highest BCUT2D eigenvalue weighted by Gasteiger charge is 2.04.